The third kappa shape index (κ3) is 4.19. The lowest BCUT2D eigenvalue weighted by Crippen LogP contribution is -2.40. The highest BCUT2D eigenvalue weighted by molar-refractivity contribution is 6.40. The summed E-state index contributed by atoms with van der Waals surface area (Å²) in [5, 5.41) is 6.30. The zero-order valence-corrected chi connectivity index (χ0v) is 15.7. The van der Waals surface area contributed by atoms with E-state index in [1.807, 2.05) is 18.2 Å². The molecule has 6 heteroatoms. The standard InChI is InChI=1S/C20H20Cl2N2O2/c21-15-9-4-10-16(22)17(15)24-19(26)20(11-12-20)18(25)23-13-5-8-14-6-2-1-3-7-14/h1-4,6-7,9-10H,5,8,11-13H2,(H,23,25)(H,24,26). The SMILES string of the molecule is O=C(NCCCc1ccccc1)C1(C(=O)Nc2c(Cl)cccc2Cl)CC1. The lowest BCUT2D eigenvalue weighted by Gasteiger charge is -2.16. The van der Waals surface area contributed by atoms with Crippen LogP contribution in [0.4, 0.5) is 5.69 Å². The van der Waals surface area contributed by atoms with Gasteiger partial charge in [-0.1, -0.05) is 59.6 Å². The third-order valence-electron chi connectivity index (χ3n) is 4.59. The molecule has 0 spiro atoms. The van der Waals surface area contributed by atoms with Gasteiger partial charge in [-0.3, -0.25) is 9.59 Å². The summed E-state index contributed by atoms with van der Waals surface area (Å²) in [5.41, 5.74) is 0.577. The highest BCUT2D eigenvalue weighted by Crippen LogP contribution is 2.47. The van der Waals surface area contributed by atoms with E-state index in [-0.39, 0.29) is 11.8 Å². The van der Waals surface area contributed by atoms with E-state index in [1.165, 1.54) is 5.56 Å². The Morgan fingerprint density at radius 1 is 0.923 bits per heavy atom. The number of benzene rings is 2. The second-order valence-corrected chi connectivity index (χ2v) is 7.29. The second-order valence-electron chi connectivity index (χ2n) is 6.48. The zero-order chi connectivity index (χ0) is 18.6. The molecule has 1 fully saturated rings. The van der Waals surface area contributed by atoms with E-state index in [1.54, 1.807) is 18.2 Å². The fraction of sp³-hybridized carbons (Fsp3) is 0.300. The number of carbonyl (C=O) groups excluding carboxylic acids is 2. The van der Waals surface area contributed by atoms with E-state index in [4.69, 9.17) is 23.2 Å². The van der Waals surface area contributed by atoms with Crippen molar-refractivity contribution in [1.29, 1.82) is 0 Å². The normalized spacial score (nSPS) is 14.5. The van der Waals surface area contributed by atoms with Crippen LogP contribution in [0.1, 0.15) is 24.8 Å². The maximum atomic E-state index is 12.6. The molecule has 2 aromatic rings. The van der Waals surface area contributed by atoms with Crippen LogP contribution in [0.15, 0.2) is 48.5 Å². The van der Waals surface area contributed by atoms with Crippen molar-refractivity contribution in [3.63, 3.8) is 0 Å². The minimum atomic E-state index is -1.00. The van der Waals surface area contributed by atoms with E-state index < -0.39 is 5.41 Å². The van der Waals surface area contributed by atoms with Crippen molar-refractivity contribution in [3.05, 3.63) is 64.1 Å². The van der Waals surface area contributed by atoms with Gasteiger partial charge in [-0.15, -0.1) is 0 Å². The quantitative estimate of drug-likeness (QED) is 0.541. The highest BCUT2D eigenvalue weighted by Gasteiger charge is 2.56. The Labute approximate surface area is 162 Å². The largest absolute Gasteiger partial charge is 0.355 e. The number of nitrogens with one attached hydrogen (secondary N) is 2. The molecule has 1 saturated carbocycles. The molecule has 26 heavy (non-hydrogen) atoms. The lowest BCUT2D eigenvalue weighted by atomic mass is 10.0. The number of rotatable bonds is 7. The molecule has 4 nitrogen and oxygen atoms in total. The molecule has 0 saturated heterocycles. The predicted molar refractivity (Wildman–Crippen MR) is 105 cm³/mol. The molecular formula is C20H20Cl2N2O2. The zero-order valence-electron chi connectivity index (χ0n) is 14.2. The van der Waals surface area contributed by atoms with Crippen LogP contribution in [0, 0.1) is 5.41 Å². The van der Waals surface area contributed by atoms with Gasteiger partial charge >= 0.3 is 0 Å². The number of hydrogen-bond donors (Lipinski definition) is 2. The molecule has 0 aromatic heterocycles. The molecule has 0 unspecified atom stereocenters. The van der Waals surface area contributed by atoms with Crippen LogP contribution in [0.2, 0.25) is 10.0 Å². The first kappa shape index (κ1) is 18.7. The molecule has 1 aliphatic carbocycles. The Balaban J connectivity index is 1.53. The lowest BCUT2D eigenvalue weighted by molar-refractivity contribution is -0.134. The van der Waals surface area contributed by atoms with E-state index >= 15 is 0 Å². The van der Waals surface area contributed by atoms with Crippen molar-refractivity contribution in [3.8, 4) is 0 Å². The van der Waals surface area contributed by atoms with Crippen molar-refractivity contribution in [2.75, 3.05) is 11.9 Å². The van der Waals surface area contributed by atoms with Gasteiger partial charge in [0, 0.05) is 6.54 Å². The summed E-state index contributed by atoms with van der Waals surface area (Å²) in [7, 11) is 0. The van der Waals surface area contributed by atoms with Gasteiger partial charge in [0.1, 0.15) is 5.41 Å². The highest BCUT2D eigenvalue weighted by atomic mass is 35.5. The van der Waals surface area contributed by atoms with Crippen molar-refractivity contribution in [2.24, 2.45) is 5.41 Å². The molecular weight excluding hydrogens is 371 g/mol. The monoisotopic (exact) mass is 390 g/mol. The molecule has 0 heterocycles. The van der Waals surface area contributed by atoms with Crippen LogP contribution in [0.25, 0.3) is 0 Å². The van der Waals surface area contributed by atoms with Crippen molar-refractivity contribution in [1.82, 2.24) is 5.32 Å². The number of aryl methyl sites for hydroxylation is 1. The van der Waals surface area contributed by atoms with Crippen LogP contribution in [0.3, 0.4) is 0 Å². The summed E-state index contributed by atoms with van der Waals surface area (Å²) in [5.74, 6) is -0.584. The Hall–Kier alpha value is -2.04. The van der Waals surface area contributed by atoms with Gasteiger partial charge in [0.05, 0.1) is 15.7 Å². The van der Waals surface area contributed by atoms with Crippen LogP contribution in [-0.4, -0.2) is 18.4 Å². The van der Waals surface area contributed by atoms with Gasteiger partial charge in [-0.25, -0.2) is 0 Å². The Morgan fingerprint density at radius 2 is 1.58 bits per heavy atom. The summed E-state index contributed by atoms with van der Waals surface area (Å²) in [4.78, 5) is 25.1. The molecule has 2 aromatic carbocycles. The van der Waals surface area contributed by atoms with E-state index in [9.17, 15) is 9.59 Å². The van der Waals surface area contributed by atoms with Gasteiger partial charge in [0.2, 0.25) is 11.8 Å². The number of carbonyl (C=O) groups is 2. The first-order valence-corrected chi connectivity index (χ1v) is 9.36. The number of amides is 2. The van der Waals surface area contributed by atoms with Gasteiger partial charge in [0.25, 0.3) is 0 Å². The Morgan fingerprint density at radius 3 is 2.19 bits per heavy atom. The Kier molecular flexibility index (Phi) is 5.84. The molecule has 3 rings (SSSR count). The van der Waals surface area contributed by atoms with Crippen LogP contribution >= 0.6 is 23.2 Å². The molecule has 1 aliphatic rings. The minimum absolute atomic E-state index is 0.230. The molecule has 2 amide bonds. The smallest absolute Gasteiger partial charge is 0.240 e. The van der Waals surface area contributed by atoms with Gasteiger partial charge in [-0.05, 0) is 43.4 Å². The molecule has 0 aliphatic heterocycles. The van der Waals surface area contributed by atoms with Crippen molar-refractivity contribution >= 4 is 40.7 Å². The molecule has 2 N–H and O–H groups in total. The maximum absolute atomic E-state index is 12.6. The summed E-state index contributed by atoms with van der Waals surface area (Å²) in [6.07, 6.45) is 2.77. The van der Waals surface area contributed by atoms with E-state index in [0.29, 0.717) is 35.1 Å². The van der Waals surface area contributed by atoms with Gasteiger partial charge in [0.15, 0.2) is 0 Å². The fourth-order valence-corrected chi connectivity index (χ4v) is 3.33. The van der Waals surface area contributed by atoms with Crippen LogP contribution in [0.5, 0.6) is 0 Å². The summed E-state index contributed by atoms with van der Waals surface area (Å²) >= 11 is 12.2. The number of hydrogen-bond acceptors (Lipinski definition) is 2. The number of para-hydroxylation sites is 1. The average molecular weight is 391 g/mol. The summed E-state index contributed by atoms with van der Waals surface area (Å²) in [6.45, 7) is 0.537. The maximum Gasteiger partial charge on any atom is 0.240 e. The van der Waals surface area contributed by atoms with E-state index in [2.05, 4.69) is 22.8 Å². The van der Waals surface area contributed by atoms with Crippen LogP contribution < -0.4 is 10.6 Å². The predicted octanol–water partition coefficient (Wildman–Crippen LogP) is 4.46. The first-order chi connectivity index (χ1) is 12.5. The van der Waals surface area contributed by atoms with Gasteiger partial charge in [-0.2, -0.15) is 0 Å². The third-order valence-corrected chi connectivity index (χ3v) is 5.22. The molecule has 0 atom stereocenters. The minimum Gasteiger partial charge on any atom is -0.355 e. The van der Waals surface area contributed by atoms with Crippen LogP contribution in [-0.2, 0) is 16.0 Å². The van der Waals surface area contributed by atoms with E-state index in [0.717, 1.165) is 12.8 Å². The van der Waals surface area contributed by atoms with Crippen molar-refractivity contribution < 1.29 is 9.59 Å². The fourth-order valence-electron chi connectivity index (χ4n) is 2.84. The van der Waals surface area contributed by atoms with Gasteiger partial charge < -0.3 is 10.6 Å². The summed E-state index contributed by atoms with van der Waals surface area (Å²) < 4.78 is 0. The molecule has 0 radical (unpaired) electrons. The van der Waals surface area contributed by atoms with Crippen molar-refractivity contribution in [2.45, 2.75) is 25.7 Å². The summed E-state index contributed by atoms with van der Waals surface area (Å²) in [6, 6.07) is 15.1. The first-order valence-electron chi connectivity index (χ1n) is 8.61. The number of anilines is 1. The molecule has 136 valence electrons. The number of halogens is 2. The second kappa shape index (κ2) is 8.11. The Bertz CT molecular complexity index is 784. The molecule has 0 bridgehead atoms. The topological polar surface area (TPSA) is 58.2 Å². The average Bonchev–Trinajstić information content (AvgIpc) is 3.45.